The third-order valence-corrected chi connectivity index (χ3v) is 10.1. The number of amides is 2. The van der Waals surface area contributed by atoms with Crippen molar-refractivity contribution in [3.8, 4) is 0 Å². The molecule has 9 nitrogen and oxygen atoms in total. The molecule has 1 aromatic rings. The number of carbonyl (C=O) groups excluding carboxylic acids is 1. The Morgan fingerprint density at radius 3 is 2.19 bits per heavy atom. The maximum Gasteiger partial charge on any atom is 0.321 e. The first kappa shape index (κ1) is 24.9. The summed E-state index contributed by atoms with van der Waals surface area (Å²) in [6.45, 7) is 6.82. The van der Waals surface area contributed by atoms with Gasteiger partial charge in [-0.1, -0.05) is 12.5 Å². The molecule has 2 fully saturated rings. The molecule has 0 atom stereocenters. The fraction of sp³-hybridized carbons (Fsp3) is 0.667. The predicted octanol–water partition coefficient (Wildman–Crippen LogP) is 2.58. The Kier molecular flexibility index (Phi) is 7.53. The van der Waals surface area contributed by atoms with E-state index in [1.807, 2.05) is 0 Å². The smallest absolute Gasteiger partial charge is 0.321 e. The normalized spacial score (nSPS) is 19.7. The highest BCUT2D eigenvalue weighted by atomic mass is 32.2. The van der Waals surface area contributed by atoms with Crippen molar-refractivity contribution in [3.05, 3.63) is 24.3 Å². The van der Waals surface area contributed by atoms with Crippen LogP contribution in [-0.2, 0) is 20.0 Å². The van der Waals surface area contributed by atoms with Gasteiger partial charge in [0.05, 0.1) is 9.64 Å². The van der Waals surface area contributed by atoms with Crippen molar-refractivity contribution in [3.63, 3.8) is 0 Å². The standard InChI is InChI=1S/C21H34N4O5S2/c1-21(2,3)32(29,30)23-17-10-14-24(15-11-17)20(26)22-18-8-7-9-19(16-18)31(27,28)25-12-5-4-6-13-25/h7-9,16-17,23H,4-6,10-15H2,1-3H3,(H,22,26). The van der Waals surface area contributed by atoms with Crippen LogP contribution in [-0.4, -0.2) is 69.0 Å². The van der Waals surface area contributed by atoms with Gasteiger partial charge >= 0.3 is 6.03 Å². The molecule has 2 aliphatic heterocycles. The maximum atomic E-state index is 12.9. The zero-order valence-electron chi connectivity index (χ0n) is 19.0. The zero-order valence-corrected chi connectivity index (χ0v) is 20.6. The molecule has 0 unspecified atom stereocenters. The van der Waals surface area contributed by atoms with Gasteiger partial charge in [0, 0.05) is 37.9 Å². The summed E-state index contributed by atoms with van der Waals surface area (Å²) in [5.41, 5.74) is 0.420. The number of piperidine rings is 2. The highest BCUT2D eigenvalue weighted by Gasteiger charge is 2.33. The SMILES string of the molecule is CC(C)(C)S(=O)(=O)NC1CCN(C(=O)Nc2cccc(S(=O)(=O)N3CCCCC3)c2)CC1. The minimum absolute atomic E-state index is 0.174. The number of nitrogens with one attached hydrogen (secondary N) is 2. The van der Waals surface area contributed by atoms with Crippen molar-refractivity contribution >= 4 is 31.8 Å². The lowest BCUT2D eigenvalue weighted by Crippen LogP contribution is -2.50. The predicted molar refractivity (Wildman–Crippen MR) is 124 cm³/mol. The number of rotatable bonds is 5. The summed E-state index contributed by atoms with van der Waals surface area (Å²) in [7, 11) is -7.02. The molecule has 0 saturated carbocycles. The van der Waals surface area contributed by atoms with Gasteiger partial charge in [-0.2, -0.15) is 4.31 Å². The molecule has 2 N–H and O–H groups in total. The first-order valence-corrected chi connectivity index (χ1v) is 14.0. The number of benzene rings is 1. The summed E-state index contributed by atoms with van der Waals surface area (Å²) in [6, 6.07) is 5.80. The van der Waals surface area contributed by atoms with Crippen LogP contribution in [0, 0.1) is 0 Å². The molecule has 0 aromatic heterocycles. The second-order valence-electron chi connectivity index (χ2n) is 9.42. The van der Waals surface area contributed by atoms with E-state index in [0.717, 1.165) is 19.3 Å². The topological polar surface area (TPSA) is 116 Å². The third-order valence-electron chi connectivity index (χ3n) is 5.95. The largest absolute Gasteiger partial charge is 0.324 e. The van der Waals surface area contributed by atoms with E-state index in [9.17, 15) is 21.6 Å². The van der Waals surface area contributed by atoms with Crippen molar-refractivity contribution in [2.24, 2.45) is 0 Å². The highest BCUT2D eigenvalue weighted by molar-refractivity contribution is 7.90. The minimum atomic E-state index is -3.58. The van der Waals surface area contributed by atoms with E-state index in [-0.39, 0.29) is 17.0 Å². The number of sulfonamides is 2. The van der Waals surface area contributed by atoms with E-state index in [1.54, 1.807) is 43.9 Å². The number of likely N-dealkylation sites (tertiary alicyclic amines) is 1. The van der Waals surface area contributed by atoms with Gasteiger partial charge in [-0.05, 0) is 64.7 Å². The molecule has 2 aliphatic rings. The van der Waals surface area contributed by atoms with Gasteiger partial charge in [-0.3, -0.25) is 0 Å². The summed E-state index contributed by atoms with van der Waals surface area (Å²) in [6.07, 6.45) is 3.80. The van der Waals surface area contributed by atoms with Crippen LogP contribution in [0.1, 0.15) is 52.9 Å². The fourth-order valence-corrected chi connectivity index (χ4v) is 6.38. The van der Waals surface area contributed by atoms with E-state index in [1.165, 1.54) is 10.4 Å². The molecule has 180 valence electrons. The van der Waals surface area contributed by atoms with Crippen LogP contribution in [0.4, 0.5) is 10.5 Å². The van der Waals surface area contributed by atoms with Crippen LogP contribution >= 0.6 is 0 Å². The van der Waals surface area contributed by atoms with Crippen LogP contribution in [0.2, 0.25) is 0 Å². The zero-order chi connectivity index (χ0) is 23.6. The summed E-state index contributed by atoms with van der Waals surface area (Å²) >= 11 is 0. The van der Waals surface area contributed by atoms with E-state index >= 15 is 0 Å². The average molecular weight is 487 g/mol. The van der Waals surface area contributed by atoms with E-state index in [2.05, 4.69) is 10.0 Å². The second kappa shape index (κ2) is 9.66. The van der Waals surface area contributed by atoms with Gasteiger partial charge in [-0.15, -0.1) is 0 Å². The highest BCUT2D eigenvalue weighted by Crippen LogP contribution is 2.24. The van der Waals surface area contributed by atoms with Gasteiger partial charge < -0.3 is 10.2 Å². The quantitative estimate of drug-likeness (QED) is 0.664. The van der Waals surface area contributed by atoms with Gasteiger partial charge in [0.2, 0.25) is 20.0 Å². The Labute approximate surface area is 191 Å². The molecule has 0 bridgehead atoms. The number of anilines is 1. The second-order valence-corrected chi connectivity index (χ2v) is 13.8. The number of hydrogen-bond donors (Lipinski definition) is 2. The van der Waals surface area contributed by atoms with E-state index < -0.39 is 24.8 Å². The number of hydrogen-bond acceptors (Lipinski definition) is 5. The van der Waals surface area contributed by atoms with Crippen LogP contribution in [0.5, 0.6) is 0 Å². The lowest BCUT2D eigenvalue weighted by molar-refractivity contribution is 0.193. The summed E-state index contributed by atoms with van der Waals surface area (Å²) in [5, 5.41) is 2.78. The van der Waals surface area contributed by atoms with Crippen molar-refractivity contribution in [1.29, 1.82) is 0 Å². The fourth-order valence-electron chi connectivity index (χ4n) is 3.79. The molecule has 0 aliphatic carbocycles. The Morgan fingerprint density at radius 1 is 0.969 bits per heavy atom. The number of nitrogens with zero attached hydrogens (tertiary/aromatic N) is 2. The molecular weight excluding hydrogens is 452 g/mol. The molecule has 1 aromatic carbocycles. The molecule has 0 spiro atoms. The lowest BCUT2D eigenvalue weighted by Gasteiger charge is -2.33. The number of carbonyl (C=O) groups is 1. The van der Waals surface area contributed by atoms with Crippen molar-refractivity contribution in [1.82, 2.24) is 13.9 Å². The van der Waals surface area contributed by atoms with Gasteiger partial charge in [0.25, 0.3) is 0 Å². The Balaban J connectivity index is 1.58. The lowest BCUT2D eigenvalue weighted by atomic mass is 10.1. The summed E-state index contributed by atoms with van der Waals surface area (Å²) in [5.74, 6) is 0. The molecule has 3 rings (SSSR count). The number of urea groups is 1. The molecule has 2 saturated heterocycles. The minimum Gasteiger partial charge on any atom is -0.324 e. The first-order chi connectivity index (χ1) is 14.9. The third kappa shape index (κ3) is 5.81. The van der Waals surface area contributed by atoms with Crippen molar-refractivity contribution in [2.75, 3.05) is 31.5 Å². The monoisotopic (exact) mass is 486 g/mol. The molecular formula is C21H34N4O5S2. The van der Waals surface area contributed by atoms with Crippen molar-refractivity contribution < 1.29 is 21.6 Å². The first-order valence-electron chi connectivity index (χ1n) is 11.1. The molecule has 2 amide bonds. The molecule has 2 heterocycles. The van der Waals surface area contributed by atoms with Crippen LogP contribution in [0.25, 0.3) is 0 Å². The Morgan fingerprint density at radius 2 is 1.59 bits per heavy atom. The summed E-state index contributed by atoms with van der Waals surface area (Å²) < 4.78 is 53.8. The van der Waals surface area contributed by atoms with Crippen molar-refractivity contribution in [2.45, 2.75) is 68.6 Å². The summed E-state index contributed by atoms with van der Waals surface area (Å²) in [4.78, 5) is 14.5. The Bertz CT molecular complexity index is 1020. The maximum absolute atomic E-state index is 12.9. The van der Waals surface area contributed by atoms with Crippen LogP contribution in [0.15, 0.2) is 29.2 Å². The van der Waals surface area contributed by atoms with Crippen LogP contribution < -0.4 is 10.0 Å². The molecule has 11 heteroatoms. The molecule has 32 heavy (non-hydrogen) atoms. The van der Waals surface area contributed by atoms with Crippen LogP contribution in [0.3, 0.4) is 0 Å². The molecule has 0 radical (unpaired) electrons. The van der Waals surface area contributed by atoms with E-state index in [0.29, 0.717) is 44.7 Å². The Hall–Kier alpha value is -1.69. The van der Waals surface area contributed by atoms with E-state index in [4.69, 9.17) is 0 Å². The van der Waals surface area contributed by atoms with Gasteiger partial charge in [0.15, 0.2) is 0 Å². The van der Waals surface area contributed by atoms with Gasteiger partial charge in [-0.25, -0.2) is 26.4 Å². The average Bonchev–Trinajstić information content (AvgIpc) is 2.74. The van der Waals surface area contributed by atoms with Gasteiger partial charge in [0.1, 0.15) is 0 Å².